The lowest BCUT2D eigenvalue weighted by molar-refractivity contribution is 0.598. The Hall–Kier alpha value is -3.38. The van der Waals surface area contributed by atoms with Crippen molar-refractivity contribution < 1.29 is 16.8 Å². The van der Waals surface area contributed by atoms with E-state index in [1.807, 2.05) is 0 Å². The van der Waals surface area contributed by atoms with Crippen LogP contribution in [0.15, 0.2) is 70.7 Å². The summed E-state index contributed by atoms with van der Waals surface area (Å²) < 4.78 is 54.5. The average Bonchev–Trinajstić information content (AvgIpc) is 2.64. The SMILES string of the molecule is Nc1ccc(S(=O)(=O)Nc2nccnc2NS(=O)(=O)c2ccc(N)cc2)cc1. The van der Waals surface area contributed by atoms with Crippen molar-refractivity contribution in [2.75, 3.05) is 20.9 Å². The molecule has 0 unspecified atom stereocenters. The van der Waals surface area contributed by atoms with Crippen molar-refractivity contribution in [2.45, 2.75) is 9.79 Å². The van der Waals surface area contributed by atoms with Gasteiger partial charge in [-0.3, -0.25) is 9.44 Å². The van der Waals surface area contributed by atoms with Crippen LogP contribution >= 0.6 is 0 Å². The van der Waals surface area contributed by atoms with E-state index in [4.69, 9.17) is 11.5 Å². The molecule has 0 fully saturated rings. The number of nitrogens with one attached hydrogen (secondary N) is 2. The standard InChI is InChI=1S/C16H16N6O4S2/c17-11-1-5-13(6-2-11)27(23,24)21-15-16(20-10-9-19-15)22-28(25,26)14-7-3-12(18)4-8-14/h1-10H,17-18H2,(H,19,21)(H,20,22). The zero-order valence-electron chi connectivity index (χ0n) is 14.3. The minimum Gasteiger partial charge on any atom is -0.399 e. The third kappa shape index (κ3) is 4.29. The summed E-state index contributed by atoms with van der Waals surface area (Å²) in [6.45, 7) is 0. The highest BCUT2D eigenvalue weighted by Gasteiger charge is 2.21. The van der Waals surface area contributed by atoms with Gasteiger partial charge in [0.1, 0.15) is 0 Å². The molecule has 0 spiro atoms. The molecule has 146 valence electrons. The molecule has 0 saturated heterocycles. The van der Waals surface area contributed by atoms with Gasteiger partial charge in [-0.25, -0.2) is 26.8 Å². The first kappa shape index (κ1) is 19.4. The topological polar surface area (TPSA) is 170 Å². The predicted molar refractivity (Wildman–Crippen MR) is 105 cm³/mol. The Labute approximate surface area is 161 Å². The van der Waals surface area contributed by atoms with Crippen molar-refractivity contribution in [3.8, 4) is 0 Å². The molecule has 0 aliphatic rings. The van der Waals surface area contributed by atoms with Crippen LogP contribution < -0.4 is 20.9 Å². The number of benzene rings is 2. The first-order valence-electron chi connectivity index (χ1n) is 7.75. The van der Waals surface area contributed by atoms with Gasteiger partial charge >= 0.3 is 0 Å². The summed E-state index contributed by atoms with van der Waals surface area (Å²) >= 11 is 0. The highest BCUT2D eigenvalue weighted by molar-refractivity contribution is 7.93. The highest BCUT2D eigenvalue weighted by Crippen LogP contribution is 2.23. The second-order valence-corrected chi connectivity index (χ2v) is 8.97. The number of rotatable bonds is 6. The molecule has 0 aliphatic carbocycles. The Morgan fingerprint density at radius 1 is 0.607 bits per heavy atom. The number of nitrogens with zero attached hydrogens (tertiary/aromatic N) is 2. The van der Waals surface area contributed by atoms with Gasteiger partial charge < -0.3 is 11.5 Å². The molecule has 0 bridgehead atoms. The normalized spacial score (nSPS) is 11.7. The van der Waals surface area contributed by atoms with Crippen molar-refractivity contribution in [3.05, 3.63) is 60.9 Å². The maximum absolute atomic E-state index is 12.5. The van der Waals surface area contributed by atoms with Gasteiger partial charge in [-0.05, 0) is 48.5 Å². The number of nitrogens with two attached hydrogens (primary N) is 2. The van der Waals surface area contributed by atoms with Crippen LogP contribution in [-0.2, 0) is 20.0 Å². The van der Waals surface area contributed by atoms with Crippen LogP contribution in [0.1, 0.15) is 0 Å². The van der Waals surface area contributed by atoms with Crippen LogP contribution in [0.3, 0.4) is 0 Å². The van der Waals surface area contributed by atoms with Gasteiger partial charge in [0, 0.05) is 23.8 Å². The van der Waals surface area contributed by atoms with E-state index in [2.05, 4.69) is 19.4 Å². The minimum atomic E-state index is -4.04. The smallest absolute Gasteiger partial charge is 0.263 e. The molecule has 12 heteroatoms. The highest BCUT2D eigenvalue weighted by atomic mass is 32.2. The summed E-state index contributed by atoms with van der Waals surface area (Å²) in [5, 5.41) is 0. The van der Waals surface area contributed by atoms with Crippen LogP contribution in [0.4, 0.5) is 23.0 Å². The molecule has 0 radical (unpaired) electrons. The third-order valence-electron chi connectivity index (χ3n) is 3.54. The number of nitrogen functional groups attached to an aromatic ring is 2. The number of hydrogen-bond donors (Lipinski definition) is 4. The van der Waals surface area contributed by atoms with E-state index in [0.29, 0.717) is 11.4 Å². The van der Waals surface area contributed by atoms with Gasteiger partial charge in [-0.15, -0.1) is 0 Å². The van der Waals surface area contributed by atoms with Crippen molar-refractivity contribution in [2.24, 2.45) is 0 Å². The maximum atomic E-state index is 12.5. The van der Waals surface area contributed by atoms with Gasteiger partial charge in [-0.1, -0.05) is 0 Å². The van der Waals surface area contributed by atoms with Crippen LogP contribution in [-0.4, -0.2) is 26.8 Å². The molecule has 0 saturated carbocycles. The van der Waals surface area contributed by atoms with E-state index in [1.165, 1.54) is 60.9 Å². The zero-order valence-corrected chi connectivity index (χ0v) is 15.9. The van der Waals surface area contributed by atoms with Gasteiger partial charge in [0.05, 0.1) is 9.79 Å². The van der Waals surface area contributed by atoms with E-state index < -0.39 is 20.0 Å². The molecule has 2 aromatic carbocycles. The summed E-state index contributed by atoms with van der Waals surface area (Å²) in [7, 11) is -8.08. The quantitative estimate of drug-likeness (QED) is 0.431. The van der Waals surface area contributed by atoms with Crippen LogP contribution in [0.2, 0.25) is 0 Å². The van der Waals surface area contributed by atoms with E-state index >= 15 is 0 Å². The number of hydrogen-bond acceptors (Lipinski definition) is 8. The van der Waals surface area contributed by atoms with Gasteiger partial charge in [-0.2, -0.15) is 0 Å². The lowest BCUT2D eigenvalue weighted by Crippen LogP contribution is -2.19. The Morgan fingerprint density at radius 3 is 1.25 bits per heavy atom. The molecule has 1 aromatic heterocycles. The lowest BCUT2D eigenvalue weighted by atomic mass is 10.3. The fourth-order valence-corrected chi connectivity index (χ4v) is 4.19. The van der Waals surface area contributed by atoms with Gasteiger partial charge in [0.15, 0.2) is 11.6 Å². The lowest BCUT2D eigenvalue weighted by Gasteiger charge is -2.13. The molecular formula is C16H16N6O4S2. The molecule has 3 rings (SSSR count). The first-order valence-corrected chi connectivity index (χ1v) is 10.7. The van der Waals surface area contributed by atoms with Crippen LogP contribution in [0.25, 0.3) is 0 Å². The molecule has 28 heavy (non-hydrogen) atoms. The molecule has 0 amide bonds. The largest absolute Gasteiger partial charge is 0.399 e. The summed E-state index contributed by atoms with van der Waals surface area (Å²) in [4.78, 5) is 7.61. The van der Waals surface area contributed by atoms with E-state index in [9.17, 15) is 16.8 Å². The van der Waals surface area contributed by atoms with Crippen LogP contribution in [0.5, 0.6) is 0 Å². The van der Waals surface area contributed by atoms with Crippen molar-refractivity contribution in [3.63, 3.8) is 0 Å². The van der Waals surface area contributed by atoms with E-state index in [1.54, 1.807) is 0 Å². The molecule has 3 aromatic rings. The van der Waals surface area contributed by atoms with E-state index in [0.717, 1.165) is 0 Å². The van der Waals surface area contributed by atoms with E-state index in [-0.39, 0.29) is 21.4 Å². The second kappa shape index (κ2) is 7.32. The second-order valence-electron chi connectivity index (χ2n) is 5.60. The van der Waals surface area contributed by atoms with Crippen molar-refractivity contribution >= 4 is 43.1 Å². The number of anilines is 4. The van der Waals surface area contributed by atoms with Gasteiger partial charge in [0.25, 0.3) is 20.0 Å². The Balaban J connectivity index is 1.91. The maximum Gasteiger partial charge on any atom is 0.263 e. The third-order valence-corrected chi connectivity index (χ3v) is 6.25. The fraction of sp³-hybridized carbons (Fsp3) is 0. The monoisotopic (exact) mass is 420 g/mol. The van der Waals surface area contributed by atoms with Crippen LogP contribution in [0, 0.1) is 0 Å². The minimum absolute atomic E-state index is 0.0697. The van der Waals surface area contributed by atoms with Crippen molar-refractivity contribution in [1.82, 2.24) is 9.97 Å². The first-order chi connectivity index (χ1) is 13.2. The number of sulfonamides is 2. The molecule has 6 N–H and O–H groups in total. The molecule has 0 atom stereocenters. The summed E-state index contributed by atoms with van der Waals surface area (Å²) in [5.74, 6) is -0.559. The van der Waals surface area contributed by atoms with Crippen molar-refractivity contribution in [1.29, 1.82) is 0 Å². The molecule has 0 aliphatic heterocycles. The average molecular weight is 420 g/mol. The fourth-order valence-electron chi connectivity index (χ4n) is 2.15. The summed E-state index contributed by atoms with van der Waals surface area (Å²) in [5.41, 5.74) is 11.9. The van der Waals surface area contributed by atoms with Gasteiger partial charge in [0.2, 0.25) is 0 Å². The predicted octanol–water partition coefficient (Wildman–Crippen LogP) is 1.24. The summed E-state index contributed by atoms with van der Waals surface area (Å²) in [6.07, 6.45) is 2.45. The number of aromatic nitrogens is 2. The Bertz CT molecular complexity index is 1100. The Kier molecular flexibility index (Phi) is 5.07. The molecule has 10 nitrogen and oxygen atoms in total. The summed E-state index contributed by atoms with van der Waals surface area (Å²) in [6, 6.07) is 11.0. The molecular weight excluding hydrogens is 404 g/mol. The molecule has 1 heterocycles. The zero-order chi connectivity index (χ0) is 20.4. The Morgan fingerprint density at radius 2 is 0.929 bits per heavy atom.